The van der Waals surface area contributed by atoms with Gasteiger partial charge in [0.1, 0.15) is 0 Å². The van der Waals surface area contributed by atoms with Crippen LogP contribution in [0.2, 0.25) is 0 Å². The number of fused-ring (bicyclic) bond motifs is 18. The van der Waals surface area contributed by atoms with Crippen LogP contribution in [-0.4, -0.2) is 13.7 Å². The van der Waals surface area contributed by atoms with Crippen LogP contribution in [0, 0.1) is 0 Å². The van der Waals surface area contributed by atoms with Crippen LogP contribution in [0.25, 0.3) is 182 Å². The summed E-state index contributed by atoms with van der Waals surface area (Å²) in [6.07, 6.45) is 0. The molecular formula is C105H70N4. The van der Waals surface area contributed by atoms with E-state index in [4.69, 9.17) is 0 Å². The van der Waals surface area contributed by atoms with Gasteiger partial charge in [0, 0.05) is 71.7 Å². The zero-order chi connectivity index (χ0) is 72.0. The summed E-state index contributed by atoms with van der Waals surface area (Å²) in [6, 6.07) is 145. The topological polar surface area (TPSA) is 18.0 Å². The van der Waals surface area contributed by atoms with E-state index in [-0.39, 0.29) is 5.41 Å². The number of anilines is 3. The number of hydrogen-bond acceptors (Lipinski definition) is 1. The molecule has 3 heterocycles. The van der Waals surface area contributed by atoms with Crippen LogP contribution in [0.1, 0.15) is 25.0 Å². The molecule has 0 bridgehead atoms. The fourth-order valence-corrected chi connectivity index (χ4v) is 18.5. The summed E-state index contributed by atoms with van der Waals surface area (Å²) in [6.45, 7) is 4.83. The minimum Gasteiger partial charge on any atom is -0.310 e. The van der Waals surface area contributed by atoms with Crippen molar-refractivity contribution in [2.45, 2.75) is 19.3 Å². The molecule has 0 amide bonds. The van der Waals surface area contributed by atoms with Crippen molar-refractivity contribution in [1.29, 1.82) is 0 Å². The Hall–Kier alpha value is -14.1. The lowest BCUT2D eigenvalue weighted by Gasteiger charge is -2.30. The van der Waals surface area contributed by atoms with Gasteiger partial charge in [-0.3, -0.25) is 0 Å². The summed E-state index contributed by atoms with van der Waals surface area (Å²) in [5, 5.41) is 14.9. The number of para-hydroxylation sites is 6. The average Bonchev–Trinajstić information content (AvgIpc) is 1.63. The lowest BCUT2D eigenvalue weighted by Crippen LogP contribution is -2.17. The van der Waals surface area contributed by atoms with Crippen LogP contribution in [0.5, 0.6) is 0 Å². The molecule has 0 radical (unpaired) electrons. The molecule has 0 fully saturated rings. The zero-order valence-electron chi connectivity index (χ0n) is 60.2. The average molecular weight is 1390 g/mol. The molecule has 109 heavy (non-hydrogen) atoms. The normalized spacial score (nSPS) is 12.6. The standard InChI is InChI=1S/C105H70N4/c1-105(2)95-56-48-72(65-92(95)87-55-53-78(66-96(87)105)106(77-51-45-68(46-52-77)67-25-6-3-7-26-67)97-40-20-16-31-80(97)71-47-54-86-84-34-13-12-32-82(84)83-33-14-15-35-85(83)91(86)64-71)81-39-24-44-103-104(81)90-38-19-23-43-100(90)109(103)79-60-73(69-49-57-101-93(62-69)88-36-17-21-41-98(88)107(101)75-27-8-4-9-28-75)59-74(61-79)70-50-58-102-94(63-70)89-37-18-22-42-99(89)108(102)76-29-10-5-11-30-76/h3-66H,1-2H3. The quantitative estimate of drug-likeness (QED) is 0.118. The second-order valence-electron chi connectivity index (χ2n) is 29.9. The Kier molecular flexibility index (Phi) is 14.0. The molecule has 0 atom stereocenters. The lowest BCUT2D eigenvalue weighted by molar-refractivity contribution is 0.660. The van der Waals surface area contributed by atoms with E-state index >= 15 is 0 Å². The van der Waals surface area contributed by atoms with E-state index in [1.165, 1.54) is 137 Å². The van der Waals surface area contributed by atoms with Crippen molar-refractivity contribution in [1.82, 2.24) is 13.7 Å². The summed E-state index contributed by atoms with van der Waals surface area (Å²) in [4.78, 5) is 2.49. The van der Waals surface area contributed by atoms with Crippen molar-refractivity contribution in [3.63, 3.8) is 0 Å². The third-order valence-electron chi connectivity index (χ3n) is 23.6. The maximum absolute atomic E-state index is 2.52. The molecule has 1 aliphatic rings. The van der Waals surface area contributed by atoms with E-state index in [9.17, 15) is 0 Å². The van der Waals surface area contributed by atoms with Gasteiger partial charge in [-0.05, 0) is 238 Å². The highest BCUT2D eigenvalue weighted by Crippen LogP contribution is 2.54. The Morgan fingerprint density at radius 2 is 0.624 bits per heavy atom. The van der Waals surface area contributed by atoms with E-state index in [2.05, 4.69) is 421 Å². The summed E-state index contributed by atoms with van der Waals surface area (Å²) in [5.74, 6) is 0. The molecule has 0 aliphatic heterocycles. The van der Waals surface area contributed by atoms with Gasteiger partial charge in [0.05, 0.1) is 38.8 Å². The van der Waals surface area contributed by atoms with Gasteiger partial charge in [-0.25, -0.2) is 0 Å². The first-order valence-corrected chi connectivity index (χ1v) is 37.9. The molecule has 22 rings (SSSR count). The highest BCUT2D eigenvalue weighted by atomic mass is 15.1. The SMILES string of the molecule is CC1(C)c2ccc(-c3cccc4c3c3ccccc3n4-c3cc(-c4ccc5c(c4)c4ccccc4n5-c4ccccc4)cc(-c4ccc5c(c4)c4ccccc4n5-c4ccccc4)c3)cc2-c2ccc(N(c3ccc(-c4ccccc4)cc3)c3ccccc3-c3ccc4c5ccccc5c5ccccc5c4c3)cc21. The first kappa shape index (κ1) is 62.3. The van der Waals surface area contributed by atoms with Crippen molar-refractivity contribution in [3.05, 3.63) is 399 Å². The third kappa shape index (κ3) is 9.78. The molecule has 0 saturated heterocycles. The highest BCUT2D eigenvalue weighted by molar-refractivity contribution is 6.26. The van der Waals surface area contributed by atoms with Crippen LogP contribution in [-0.2, 0) is 5.41 Å². The number of benzene rings is 18. The van der Waals surface area contributed by atoms with Gasteiger partial charge in [-0.1, -0.05) is 269 Å². The van der Waals surface area contributed by atoms with E-state index < -0.39 is 0 Å². The van der Waals surface area contributed by atoms with E-state index in [0.717, 1.165) is 73.0 Å². The summed E-state index contributed by atoms with van der Waals surface area (Å²) in [7, 11) is 0. The Morgan fingerprint density at radius 3 is 1.24 bits per heavy atom. The Bertz CT molecular complexity index is 7090. The number of aromatic nitrogens is 3. The van der Waals surface area contributed by atoms with Crippen molar-refractivity contribution >= 4 is 115 Å². The number of hydrogen-bond donors (Lipinski definition) is 0. The van der Waals surface area contributed by atoms with Crippen molar-refractivity contribution in [2.75, 3.05) is 4.90 Å². The Morgan fingerprint density at radius 1 is 0.202 bits per heavy atom. The Labute approximate surface area is 631 Å². The van der Waals surface area contributed by atoms with Gasteiger partial charge in [0.2, 0.25) is 0 Å². The largest absolute Gasteiger partial charge is 0.310 e. The summed E-state index contributed by atoms with van der Waals surface area (Å²) in [5.41, 5.74) is 30.2. The molecule has 4 nitrogen and oxygen atoms in total. The minimum atomic E-state index is -0.318. The molecule has 18 aromatic carbocycles. The molecule has 510 valence electrons. The molecular weight excluding hydrogens is 1320 g/mol. The predicted octanol–water partition coefficient (Wildman–Crippen LogP) is 28.5. The van der Waals surface area contributed by atoms with Crippen LogP contribution in [0.15, 0.2) is 388 Å². The van der Waals surface area contributed by atoms with Crippen molar-refractivity contribution in [2.24, 2.45) is 0 Å². The van der Waals surface area contributed by atoms with Crippen molar-refractivity contribution < 1.29 is 0 Å². The third-order valence-corrected chi connectivity index (χ3v) is 23.6. The maximum Gasteiger partial charge on any atom is 0.0547 e. The second-order valence-corrected chi connectivity index (χ2v) is 29.9. The van der Waals surface area contributed by atoms with E-state index in [1.54, 1.807) is 0 Å². The minimum absolute atomic E-state index is 0.318. The van der Waals surface area contributed by atoms with Crippen LogP contribution in [0.3, 0.4) is 0 Å². The van der Waals surface area contributed by atoms with Crippen LogP contribution >= 0.6 is 0 Å². The van der Waals surface area contributed by atoms with E-state index in [0.29, 0.717) is 0 Å². The summed E-state index contributed by atoms with van der Waals surface area (Å²) >= 11 is 0. The molecule has 21 aromatic rings. The molecule has 1 aliphatic carbocycles. The maximum atomic E-state index is 2.52. The fraction of sp³-hybridized carbons (Fsp3) is 0.0286. The second kappa shape index (κ2) is 24.5. The molecule has 0 N–H and O–H groups in total. The first-order chi connectivity index (χ1) is 53.8. The highest BCUT2D eigenvalue weighted by Gasteiger charge is 2.37. The molecule has 0 saturated carbocycles. The molecule has 4 heteroatoms. The van der Waals surface area contributed by atoms with Gasteiger partial charge < -0.3 is 18.6 Å². The zero-order valence-corrected chi connectivity index (χ0v) is 60.2. The van der Waals surface area contributed by atoms with Gasteiger partial charge in [0.25, 0.3) is 0 Å². The monoisotopic (exact) mass is 1390 g/mol. The van der Waals surface area contributed by atoms with Crippen LogP contribution in [0.4, 0.5) is 17.1 Å². The summed E-state index contributed by atoms with van der Waals surface area (Å²) < 4.78 is 7.33. The van der Waals surface area contributed by atoms with Gasteiger partial charge in [-0.2, -0.15) is 0 Å². The molecule has 3 aromatic heterocycles. The number of rotatable bonds is 11. The number of nitrogens with zero attached hydrogens (tertiary/aromatic N) is 4. The smallest absolute Gasteiger partial charge is 0.0547 e. The first-order valence-electron chi connectivity index (χ1n) is 37.9. The fourth-order valence-electron chi connectivity index (χ4n) is 18.5. The van der Waals surface area contributed by atoms with Crippen LogP contribution < -0.4 is 4.90 Å². The van der Waals surface area contributed by atoms with Gasteiger partial charge in [-0.15, -0.1) is 0 Å². The van der Waals surface area contributed by atoms with Gasteiger partial charge >= 0.3 is 0 Å². The predicted molar refractivity (Wildman–Crippen MR) is 461 cm³/mol. The van der Waals surface area contributed by atoms with Crippen molar-refractivity contribution in [3.8, 4) is 83.8 Å². The molecule has 0 unspecified atom stereocenters. The van der Waals surface area contributed by atoms with Gasteiger partial charge in [0.15, 0.2) is 0 Å². The Balaban J connectivity index is 0.692. The molecule has 0 spiro atoms. The lowest BCUT2D eigenvalue weighted by atomic mass is 9.82. The van der Waals surface area contributed by atoms with E-state index in [1.807, 2.05) is 0 Å².